The second kappa shape index (κ2) is 7.11. The van der Waals surface area contributed by atoms with Gasteiger partial charge in [0.25, 0.3) is 0 Å². The molecule has 4 heteroatoms. The quantitative estimate of drug-likeness (QED) is 0.818. The van der Waals surface area contributed by atoms with E-state index >= 15 is 0 Å². The number of nitrogens with one attached hydrogen (secondary N) is 1. The van der Waals surface area contributed by atoms with Gasteiger partial charge in [-0.3, -0.25) is 5.32 Å². The highest BCUT2D eigenvalue weighted by Crippen LogP contribution is 2.19. The van der Waals surface area contributed by atoms with Crippen LogP contribution < -0.4 is 5.32 Å². The van der Waals surface area contributed by atoms with Gasteiger partial charge in [-0.2, -0.15) is 11.8 Å². The SMILES string of the molecule is C=C(C)COC(=O)Nc1cc(CSC)ccc1C. The minimum absolute atomic E-state index is 0.245. The lowest BCUT2D eigenvalue weighted by Gasteiger charge is -2.10. The predicted octanol–water partition coefficient (Wildman–Crippen LogP) is 3.98. The summed E-state index contributed by atoms with van der Waals surface area (Å²) in [6, 6.07) is 6.05. The summed E-state index contributed by atoms with van der Waals surface area (Å²) in [5.41, 5.74) is 3.82. The molecule has 1 aromatic rings. The van der Waals surface area contributed by atoms with E-state index in [2.05, 4.69) is 18.0 Å². The van der Waals surface area contributed by atoms with Gasteiger partial charge in [0.15, 0.2) is 0 Å². The number of amides is 1. The highest BCUT2D eigenvalue weighted by atomic mass is 32.2. The molecule has 0 aliphatic rings. The van der Waals surface area contributed by atoms with Crippen LogP contribution in [0.2, 0.25) is 0 Å². The van der Waals surface area contributed by atoms with Gasteiger partial charge in [0.2, 0.25) is 0 Å². The molecule has 0 unspecified atom stereocenters. The summed E-state index contributed by atoms with van der Waals surface area (Å²) >= 11 is 1.75. The lowest BCUT2D eigenvalue weighted by atomic mass is 10.1. The molecule has 1 rings (SSSR count). The Kier molecular flexibility index (Phi) is 5.78. The van der Waals surface area contributed by atoms with Gasteiger partial charge in [-0.05, 0) is 42.9 Å². The molecule has 0 spiro atoms. The first-order valence-electron chi connectivity index (χ1n) is 5.69. The molecule has 1 aromatic carbocycles. The average Bonchev–Trinajstić information content (AvgIpc) is 2.31. The van der Waals surface area contributed by atoms with Crippen LogP contribution in [0.5, 0.6) is 0 Å². The average molecular weight is 265 g/mol. The van der Waals surface area contributed by atoms with Crippen molar-refractivity contribution in [2.24, 2.45) is 0 Å². The molecule has 18 heavy (non-hydrogen) atoms. The largest absolute Gasteiger partial charge is 0.445 e. The number of ether oxygens (including phenoxy) is 1. The van der Waals surface area contributed by atoms with Gasteiger partial charge in [-0.15, -0.1) is 0 Å². The number of rotatable bonds is 5. The van der Waals surface area contributed by atoms with E-state index < -0.39 is 6.09 Å². The van der Waals surface area contributed by atoms with Crippen LogP contribution in [0.25, 0.3) is 0 Å². The molecule has 98 valence electrons. The molecule has 0 saturated carbocycles. The van der Waals surface area contributed by atoms with Gasteiger partial charge in [-0.1, -0.05) is 18.7 Å². The van der Waals surface area contributed by atoms with E-state index in [1.54, 1.807) is 11.8 Å². The first-order chi connectivity index (χ1) is 8.52. The van der Waals surface area contributed by atoms with Crippen LogP contribution in [0.4, 0.5) is 10.5 Å². The van der Waals surface area contributed by atoms with E-state index in [1.807, 2.05) is 32.2 Å². The number of thioether (sulfide) groups is 1. The summed E-state index contributed by atoms with van der Waals surface area (Å²) in [5.74, 6) is 0.926. The Morgan fingerprint density at radius 3 is 2.83 bits per heavy atom. The zero-order chi connectivity index (χ0) is 13.5. The Hall–Kier alpha value is -1.42. The second-order valence-electron chi connectivity index (χ2n) is 4.24. The Balaban J connectivity index is 2.67. The van der Waals surface area contributed by atoms with Crippen molar-refractivity contribution in [1.82, 2.24) is 0 Å². The van der Waals surface area contributed by atoms with E-state index in [0.717, 1.165) is 22.6 Å². The Morgan fingerprint density at radius 1 is 1.50 bits per heavy atom. The maximum atomic E-state index is 11.6. The Morgan fingerprint density at radius 2 is 2.22 bits per heavy atom. The first kappa shape index (κ1) is 14.6. The number of carbonyl (C=O) groups excluding carboxylic acids is 1. The topological polar surface area (TPSA) is 38.3 Å². The highest BCUT2D eigenvalue weighted by Gasteiger charge is 2.06. The van der Waals surface area contributed by atoms with Crippen molar-refractivity contribution in [1.29, 1.82) is 0 Å². The summed E-state index contributed by atoms with van der Waals surface area (Å²) in [5, 5.41) is 2.75. The first-order valence-corrected chi connectivity index (χ1v) is 7.09. The third kappa shape index (κ3) is 4.84. The zero-order valence-electron chi connectivity index (χ0n) is 11.1. The number of anilines is 1. The highest BCUT2D eigenvalue weighted by molar-refractivity contribution is 7.97. The summed E-state index contributed by atoms with van der Waals surface area (Å²) in [6.07, 6.45) is 1.61. The fourth-order valence-corrected chi connectivity index (χ4v) is 1.91. The summed E-state index contributed by atoms with van der Waals surface area (Å²) in [6.45, 7) is 7.70. The summed E-state index contributed by atoms with van der Waals surface area (Å²) in [4.78, 5) is 11.6. The minimum Gasteiger partial charge on any atom is -0.445 e. The second-order valence-corrected chi connectivity index (χ2v) is 5.11. The van der Waals surface area contributed by atoms with Crippen molar-refractivity contribution in [2.45, 2.75) is 19.6 Å². The molecular weight excluding hydrogens is 246 g/mol. The van der Waals surface area contributed by atoms with Crippen LogP contribution >= 0.6 is 11.8 Å². The van der Waals surface area contributed by atoms with Crippen molar-refractivity contribution in [3.05, 3.63) is 41.5 Å². The normalized spacial score (nSPS) is 9.94. The van der Waals surface area contributed by atoms with Crippen molar-refractivity contribution >= 4 is 23.5 Å². The molecule has 1 amide bonds. The molecule has 3 nitrogen and oxygen atoms in total. The molecule has 0 bridgehead atoms. The molecule has 0 radical (unpaired) electrons. The zero-order valence-corrected chi connectivity index (χ0v) is 11.9. The van der Waals surface area contributed by atoms with Gasteiger partial charge < -0.3 is 4.74 Å². The molecule has 0 saturated heterocycles. The maximum absolute atomic E-state index is 11.6. The van der Waals surface area contributed by atoms with Gasteiger partial charge in [0.1, 0.15) is 6.61 Å². The lowest BCUT2D eigenvalue weighted by Crippen LogP contribution is -2.15. The van der Waals surface area contributed by atoms with Gasteiger partial charge in [-0.25, -0.2) is 4.79 Å². The van der Waals surface area contributed by atoms with Crippen molar-refractivity contribution in [2.75, 3.05) is 18.2 Å². The summed E-state index contributed by atoms with van der Waals surface area (Å²) < 4.78 is 5.01. The van der Waals surface area contributed by atoms with E-state index in [9.17, 15) is 4.79 Å². The number of carbonyl (C=O) groups is 1. The Labute approximate surface area is 113 Å². The molecule has 0 fully saturated rings. The molecule has 0 aromatic heterocycles. The van der Waals surface area contributed by atoms with Gasteiger partial charge in [0.05, 0.1) is 0 Å². The van der Waals surface area contributed by atoms with Crippen LogP contribution in [0.15, 0.2) is 30.4 Å². The van der Waals surface area contributed by atoms with E-state index in [0.29, 0.717) is 0 Å². The van der Waals surface area contributed by atoms with Gasteiger partial charge in [0, 0.05) is 11.4 Å². The van der Waals surface area contributed by atoms with E-state index in [4.69, 9.17) is 4.74 Å². The molecule has 0 aliphatic carbocycles. The monoisotopic (exact) mass is 265 g/mol. The van der Waals surface area contributed by atoms with E-state index in [1.165, 1.54) is 5.56 Å². The fourth-order valence-electron chi connectivity index (χ4n) is 1.40. The molecule has 0 aliphatic heterocycles. The van der Waals surface area contributed by atoms with Gasteiger partial charge >= 0.3 is 6.09 Å². The summed E-state index contributed by atoms with van der Waals surface area (Å²) in [7, 11) is 0. The van der Waals surface area contributed by atoms with Crippen LogP contribution in [0.1, 0.15) is 18.1 Å². The number of benzene rings is 1. The van der Waals surface area contributed by atoms with Crippen molar-refractivity contribution in [3.63, 3.8) is 0 Å². The minimum atomic E-state index is -0.442. The smallest absolute Gasteiger partial charge is 0.411 e. The van der Waals surface area contributed by atoms with Crippen LogP contribution in [-0.2, 0) is 10.5 Å². The van der Waals surface area contributed by atoms with Crippen LogP contribution in [0, 0.1) is 6.92 Å². The molecule has 0 heterocycles. The molecular formula is C14H19NO2S. The Bertz CT molecular complexity index is 443. The third-order valence-corrected chi connectivity index (χ3v) is 2.92. The lowest BCUT2D eigenvalue weighted by molar-refractivity contribution is 0.171. The molecule has 0 atom stereocenters. The van der Waals surface area contributed by atoms with Crippen LogP contribution in [0.3, 0.4) is 0 Å². The number of hydrogen-bond donors (Lipinski definition) is 1. The molecule has 1 N–H and O–H groups in total. The van der Waals surface area contributed by atoms with Crippen molar-refractivity contribution < 1.29 is 9.53 Å². The number of hydrogen-bond acceptors (Lipinski definition) is 3. The predicted molar refractivity (Wildman–Crippen MR) is 78.2 cm³/mol. The third-order valence-electron chi connectivity index (χ3n) is 2.30. The maximum Gasteiger partial charge on any atom is 0.411 e. The van der Waals surface area contributed by atoms with Crippen LogP contribution in [-0.4, -0.2) is 19.0 Å². The van der Waals surface area contributed by atoms with Crippen molar-refractivity contribution in [3.8, 4) is 0 Å². The standard InChI is InChI=1S/C14H19NO2S/c1-10(2)8-17-14(16)15-13-7-12(9-18-4)6-5-11(13)3/h5-7H,1,8-9H2,2-4H3,(H,15,16). The number of aryl methyl sites for hydroxylation is 1. The fraction of sp³-hybridized carbons (Fsp3) is 0.357. The van der Waals surface area contributed by atoms with E-state index in [-0.39, 0.29) is 6.61 Å².